The van der Waals surface area contributed by atoms with Crippen molar-refractivity contribution < 1.29 is 13.2 Å². The van der Waals surface area contributed by atoms with Gasteiger partial charge in [0, 0.05) is 10.6 Å². The fourth-order valence-electron chi connectivity index (χ4n) is 2.11. The van der Waals surface area contributed by atoms with Crippen LogP contribution in [0.5, 0.6) is 0 Å². The maximum Gasteiger partial charge on any atom is 0.291 e. The molecule has 26 heavy (non-hydrogen) atoms. The molecule has 0 fully saturated rings. The molecule has 3 aromatic rings. The minimum atomic E-state index is -3.93. The molecule has 1 amide bonds. The fraction of sp³-hybridized carbons (Fsp3) is 0.0625. The molecule has 0 aliphatic heterocycles. The Morgan fingerprint density at radius 3 is 2.62 bits per heavy atom. The molecule has 3 rings (SSSR count). The number of halogens is 1. The Labute approximate surface area is 159 Å². The van der Waals surface area contributed by atoms with Crippen LogP contribution in [0.3, 0.4) is 0 Å². The van der Waals surface area contributed by atoms with Crippen molar-refractivity contribution in [3.8, 4) is 0 Å². The summed E-state index contributed by atoms with van der Waals surface area (Å²) in [6.45, 7) is 1.81. The Kier molecular flexibility index (Phi) is 5.21. The van der Waals surface area contributed by atoms with Gasteiger partial charge in [-0.2, -0.15) is 8.42 Å². The molecule has 0 saturated carbocycles. The molecule has 7 nitrogen and oxygen atoms in total. The Morgan fingerprint density at radius 2 is 1.88 bits per heavy atom. The van der Waals surface area contributed by atoms with Gasteiger partial charge in [-0.05, 0) is 36.8 Å². The fourth-order valence-corrected chi connectivity index (χ4v) is 4.25. The first kappa shape index (κ1) is 18.3. The SMILES string of the molecule is Cc1ccccc1C(=O)Nc1nnc(S(=O)(=O)Nc2cccc(Cl)c2)s1. The third-order valence-corrected chi connectivity index (χ3v) is 6.15. The summed E-state index contributed by atoms with van der Waals surface area (Å²) >= 11 is 6.60. The van der Waals surface area contributed by atoms with Crippen LogP contribution < -0.4 is 10.0 Å². The summed E-state index contributed by atoms with van der Waals surface area (Å²) in [6, 6.07) is 13.3. The largest absolute Gasteiger partial charge is 0.296 e. The first-order valence-electron chi connectivity index (χ1n) is 7.34. The monoisotopic (exact) mass is 408 g/mol. The highest BCUT2D eigenvalue weighted by Crippen LogP contribution is 2.24. The number of aromatic nitrogens is 2. The van der Waals surface area contributed by atoms with E-state index in [0.29, 0.717) is 16.3 Å². The lowest BCUT2D eigenvalue weighted by molar-refractivity contribution is 0.102. The molecule has 0 atom stereocenters. The predicted octanol–water partition coefficient (Wildman–Crippen LogP) is 3.55. The van der Waals surface area contributed by atoms with Crippen LogP contribution in [0, 0.1) is 6.92 Å². The van der Waals surface area contributed by atoms with Gasteiger partial charge < -0.3 is 0 Å². The minimum absolute atomic E-state index is 0.0877. The second kappa shape index (κ2) is 7.40. The number of sulfonamides is 1. The summed E-state index contributed by atoms with van der Waals surface area (Å²) < 4.78 is 26.9. The van der Waals surface area contributed by atoms with Crippen molar-refractivity contribution in [2.45, 2.75) is 11.3 Å². The number of carbonyl (C=O) groups is 1. The first-order chi connectivity index (χ1) is 12.3. The summed E-state index contributed by atoms with van der Waals surface area (Å²) in [5.74, 6) is -0.383. The maximum absolute atomic E-state index is 12.4. The highest BCUT2D eigenvalue weighted by Gasteiger charge is 2.21. The topological polar surface area (TPSA) is 101 Å². The molecule has 0 saturated heterocycles. The molecule has 10 heteroatoms. The van der Waals surface area contributed by atoms with Gasteiger partial charge in [-0.1, -0.05) is 47.2 Å². The average Bonchev–Trinajstić information content (AvgIpc) is 3.04. The molecule has 1 heterocycles. The second-order valence-electron chi connectivity index (χ2n) is 5.26. The van der Waals surface area contributed by atoms with Gasteiger partial charge in [-0.3, -0.25) is 14.8 Å². The highest BCUT2D eigenvalue weighted by atomic mass is 35.5. The van der Waals surface area contributed by atoms with Crippen molar-refractivity contribution in [1.29, 1.82) is 0 Å². The molecule has 0 radical (unpaired) electrons. The predicted molar refractivity (Wildman–Crippen MR) is 101 cm³/mol. The Balaban J connectivity index is 1.77. The lowest BCUT2D eigenvalue weighted by Crippen LogP contribution is -2.13. The van der Waals surface area contributed by atoms with Crippen molar-refractivity contribution in [1.82, 2.24) is 10.2 Å². The molecule has 1 aromatic heterocycles. The lowest BCUT2D eigenvalue weighted by atomic mass is 10.1. The van der Waals surface area contributed by atoms with E-state index in [0.717, 1.165) is 16.9 Å². The quantitative estimate of drug-likeness (QED) is 0.628. The van der Waals surface area contributed by atoms with Gasteiger partial charge in [0.1, 0.15) is 0 Å². The van der Waals surface area contributed by atoms with Gasteiger partial charge >= 0.3 is 0 Å². The zero-order valence-electron chi connectivity index (χ0n) is 13.4. The number of benzene rings is 2. The van der Waals surface area contributed by atoms with E-state index in [1.54, 1.807) is 43.3 Å². The third-order valence-electron chi connectivity index (χ3n) is 3.32. The van der Waals surface area contributed by atoms with Crippen LogP contribution in [-0.4, -0.2) is 24.5 Å². The van der Waals surface area contributed by atoms with Gasteiger partial charge in [-0.25, -0.2) is 0 Å². The maximum atomic E-state index is 12.4. The van der Waals surface area contributed by atoms with E-state index in [2.05, 4.69) is 20.2 Å². The lowest BCUT2D eigenvalue weighted by Gasteiger charge is -2.05. The molecule has 134 valence electrons. The van der Waals surface area contributed by atoms with Crippen LogP contribution in [0.15, 0.2) is 52.9 Å². The number of hydrogen-bond donors (Lipinski definition) is 2. The van der Waals surface area contributed by atoms with Crippen LogP contribution >= 0.6 is 22.9 Å². The Hall–Kier alpha value is -2.49. The number of carbonyl (C=O) groups excluding carboxylic acids is 1. The second-order valence-corrected chi connectivity index (χ2v) is 8.53. The highest BCUT2D eigenvalue weighted by molar-refractivity contribution is 7.94. The summed E-state index contributed by atoms with van der Waals surface area (Å²) in [6.07, 6.45) is 0. The van der Waals surface area contributed by atoms with Crippen molar-refractivity contribution in [2.24, 2.45) is 0 Å². The molecule has 0 bridgehead atoms. The molecule has 0 aliphatic carbocycles. The normalized spacial score (nSPS) is 11.2. The molecule has 2 aromatic carbocycles. The zero-order valence-corrected chi connectivity index (χ0v) is 15.8. The minimum Gasteiger partial charge on any atom is -0.296 e. The number of anilines is 2. The van der Waals surface area contributed by atoms with Crippen molar-refractivity contribution in [2.75, 3.05) is 10.0 Å². The van der Waals surface area contributed by atoms with Crippen molar-refractivity contribution in [3.63, 3.8) is 0 Å². The first-order valence-corrected chi connectivity index (χ1v) is 10.0. The summed E-state index contributed by atoms with van der Waals surface area (Å²) in [4.78, 5) is 12.3. The number of amides is 1. The molecule has 0 aliphatic rings. The van der Waals surface area contributed by atoms with Crippen molar-refractivity contribution >= 4 is 49.7 Å². The molecule has 0 spiro atoms. The van der Waals surface area contributed by atoms with Crippen LogP contribution in [0.1, 0.15) is 15.9 Å². The van der Waals surface area contributed by atoms with Gasteiger partial charge in [-0.15, -0.1) is 10.2 Å². The smallest absolute Gasteiger partial charge is 0.291 e. The van der Waals surface area contributed by atoms with E-state index in [4.69, 9.17) is 11.6 Å². The molecular weight excluding hydrogens is 396 g/mol. The van der Waals surface area contributed by atoms with E-state index in [1.807, 2.05) is 6.07 Å². The van der Waals surface area contributed by atoms with Crippen molar-refractivity contribution in [3.05, 3.63) is 64.7 Å². The van der Waals surface area contributed by atoms with Gasteiger partial charge in [0.15, 0.2) is 0 Å². The Morgan fingerprint density at radius 1 is 1.12 bits per heavy atom. The summed E-state index contributed by atoms with van der Waals surface area (Å²) in [5.41, 5.74) is 1.58. The van der Waals surface area contributed by atoms with Crippen LogP contribution in [0.4, 0.5) is 10.8 Å². The third kappa shape index (κ3) is 4.18. The Bertz CT molecular complexity index is 1070. The van der Waals surface area contributed by atoms with E-state index in [1.165, 1.54) is 6.07 Å². The number of nitrogens with zero attached hydrogens (tertiary/aromatic N) is 2. The summed E-state index contributed by atoms with van der Waals surface area (Å²) in [5, 5.41) is 10.4. The van der Waals surface area contributed by atoms with Gasteiger partial charge in [0.05, 0.1) is 5.69 Å². The number of nitrogens with one attached hydrogen (secondary N) is 2. The summed E-state index contributed by atoms with van der Waals surface area (Å²) in [7, 11) is -3.93. The van der Waals surface area contributed by atoms with E-state index in [9.17, 15) is 13.2 Å². The number of aryl methyl sites for hydroxylation is 1. The number of hydrogen-bond acceptors (Lipinski definition) is 6. The van der Waals surface area contributed by atoms with E-state index >= 15 is 0 Å². The van der Waals surface area contributed by atoms with Gasteiger partial charge in [0.25, 0.3) is 20.3 Å². The number of rotatable bonds is 5. The zero-order chi connectivity index (χ0) is 18.7. The van der Waals surface area contributed by atoms with E-state index in [-0.39, 0.29) is 15.4 Å². The standard InChI is InChI=1S/C16H13ClN4O3S2/c1-10-5-2-3-8-13(10)14(22)18-15-19-20-16(25-15)26(23,24)21-12-7-4-6-11(17)9-12/h2-9,21H,1H3,(H,18,19,22). The van der Waals surface area contributed by atoms with Gasteiger partial charge in [0.2, 0.25) is 5.13 Å². The van der Waals surface area contributed by atoms with Crippen LogP contribution in [0.2, 0.25) is 5.02 Å². The molecule has 2 N–H and O–H groups in total. The molecular formula is C16H13ClN4O3S2. The van der Waals surface area contributed by atoms with E-state index < -0.39 is 10.0 Å². The molecule has 0 unspecified atom stereocenters. The average molecular weight is 409 g/mol. The van der Waals surface area contributed by atoms with Crippen LogP contribution in [0.25, 0.3) is 0 Å². The van der Waals surface area contributed by atoms with Crippen LogP contribution in [-0.2, 0) is 10.0 Å².